The predicted molar refractivity (Wildman–Crippen MR) is 110 cm³/mol. The molecule has 0 radical (unpaired) electrons. The molecule has 2 unspecified atom stereocenters. The van der Waals surface area contributed by atoms with Crippen LogP contribution in [-0.4, -0.2) is 62.2 Å². The Morgan fingerprint density at radius 1 is 1.39 bits per heavy atom. The van der Waals surface area contributed by atoms with E-state index >= 15 is 0 Å². The summed E-state index contributed by atoms with van der Waals surface area (Å²) in [6, 6.07) is 6.90. The van der Waals surface area contributed by atoms with Crippen LogP contribution in [0.15, 0.2) is 41.5 Å². The smallest absolute Gasteiger partial charge is 0.274 e. The number of hydrogen-bond acceptors (Lipinski definition) is 8. The molecule has 1 aromatic heterocycles. The van der Waals surface area contributed by atoms with Gasteiger partial charge in [0.25, 0.3) is 5.91 Å². The molecule has 12 heteroatoms. The van der Waals surface area contributed by atoms with E-state index in [0.29, 0.717) is 5.75 Å². The zero-order valence-electron chi connectivity index (χ0n) is 16.7. The third-order valence-corrected chi connectivity index (χ3v) is 7.59. The van der Waals surface area contributed by atoms with Gasteiger partial charge in [-0.2, -0.15) is 0 Å². The van der Waals surface area contributed by atoms with Gasteiger partial charge in [0, 0.05) is 18.3 Å². The number of fused-ring (bicyclic) bond motifs is 1. The fourth-order valence-corrected chi connectivity index (χ4v) is 5.35. The highest BCUT2D eigenvalue weighted by molar-refractivity contribution is 7.90. The maximum atomic E-state index is 14.9. The van der Waals surface area contributed by atoms with Crippen molar-refractivity contribution in [3.63, 3.8) is 0 Å². The molecule has 1 amide bonds. The second-order valence-corrected chi connectivity index (χ2v) is 9.29. The first-order valence-electron chi connectivity index (χ1n) is 9.21. The Labute approximate surface area is 177 Å². The molecule has 0 spiro atoms. The zero-order valence-corrected chi connectivity index (χ0v) is 17.5. The van der Waals surface area contributed by atoms with Crippen molar-refractivity contribution >= 4 is 27.6 Å². The molecule has 2 aliphatic rings. The number of guanidine groups is 1. The average Bonchev–Trinajstić information content (AvgIpc) is 3.19. The fraction of sp³-hybridized carbons (Fsp3) is 0.316. The molecule has 2 atom stereocenters. The number of benzene rings is 1. The van der Waals surface area contributed by atoms with Crippen LogP contribution in [0.25, 0.3) is 0 Å². The van der Waals surface area contributed by atoms with Crippen LogP contribution in [0.1, 0.15) is 16.1 Å². The number of carbonyl (C=O) groups is 1. The normalized spacial score (nSPS) is 24.3. The van der Waals surface area contributed by atoms with Crippen molar-refractivity contribution in [2.75, 3.05) is 32.7 Å². The first-order chi connectivity index (χ1) is 14.7. The molecule has 4 rings (SSSR count). The lowest BCUT2D eigenvalue weighted by Gasteiger charge is -2.38. The lowest BCUT2D eigenvalue weighted by Crippen LogP contribution is -2.57. The third-order valence-electron chi connectivity index (χ3n) is 5.40. The van der Waals surface area contributed by atoms with E-state index in [1.54, 1.807) is 6.07 Å². The van der Waals surface area contributed by atoms with Gasteiger partial charge < -0.3 is 20.5 Å². The second kappa shape index (κ2) is 7.46. The topological polar surface area (TPSA) is 136 Å². The molecule has 0 saturated carbocycles. The highest BCUT2D eigenvalue weighted by Gasteiger charge is 2.58. The lowest BCUT2D eigenvalue weighted by atomic mass is 9.88. The molecular formula is C19H20FN5O5S. The van der Waals surface area contributed by atoms with Gasteiger partial charge in [-0.15, -0.1) is 0 Å². The summed E-state index contributed by atoms with van der Waals surface area (Å²) in [5, 5.41) is 1.48. The summed E-state index contributed by atoms with van der Waals surface area (Å²) in [6.07, 6.45) is 1.39. The summed E-state index contributed by atoms with van der Waals surface area (Å²) in [6.45, 7) is -0.324. The summed E-state index contributed by atoms with van der Waals surface area (Å²) >= 11 is 0. The fourth-order valence-electron chi connectivity index (χ4n) is 3.66. The molecule has 2 aliphatic heterocycles. The second-order valence-electron chi connectivity index (χ2n) is 7.14. The van der Waals surface area contributed by atoms with Gasteiger partial charge in [-0.25, -0.2) is 27.1 Å². The molecular weight excluding hydrogens is 429 g/mol. The number of nitrogens with zero attached hydrogens (tertiary/aromatic N) is 3. The molecule has 3 N–H and O–H groups in total. The van der Waals surface area contributed by atoms with Gasteiger partial charge in [0.1, 0.15) is 28.0 Å². The molecule has 1 fully saturated rings. The predicted octanol–water partition coefficient (Wildman–Crippen LogP) is 0.666. The van der Waals surface area contributed by atoms with Crippen LogP contribution in [-0.2, 0) is 20.3 Å². The van der Waals surface area contributed by atoms with Gasteiger partial charge in [-0.1, -0.05) is 0 Å². The summed E-state index contributed by atoms with van der Waals surface area (Å²) in [4.78, 5) is 20.9. The largest absolute Gasteiger partial charge is 0.495 e. The summed E-state index contributed by atoms with van der Waals surface area (Å²) in [5.74, 6) is -0.993. The number of amides is 1. The van der Waals surface area contributed by atoms with E-state index in [4.69, 9.17) is 15.2 Å². The number of sulfonamides is 1. The third kappa shape index (κ3) is 3.37. The van der Waals surface area contributed by atoms with Crippen LogP contribution in [0.4, 0.5) is 10.1 Å². The molecule has 164 valence electrons. The van der Waals surface area contributed by atoms with Crippen LogP contribution in [0.2, 0.25) is 0 Å². The van der Waals surface area contributed by atoms with Crippen molar-refractivity contribution in [2.24, 2.45) is 10.7 Å². The highest BCUT2D eigenvalue weighted by atomic mass is 32.2. The number of ether oxygens (including phenoxy) is 2. The van der Waals surface area contributed by atoms with E-state index in [9.17, 15) is 17.6 Å². The minimum absolute atomic E-state index is 0.0323. The maximum absolute atomic E-state index is 14.9. The SMILES string of the molecule is COc1ccc(C(=O)Nc2ccc(F)c(C34COCC3S(=O)(=O)N(C)C(N)=N4)c2)nc1. The quantitative estimate of drug-likeness (QED) is 0.700. The van der Waals surface area contributed by atoms with Crippen molar-refractivity contribution in [1.29, 1.82) is 0 Å². The van der Waals surface area contributed by atoms with Crippen molar-refractivity contribution < 1.29 is 27.1 Å². The monoisotopic (exact) mass is 449 g/mol. The molecule has 3 heterocycles. The number of aliphatic imine (C=N–C) groups is 1. The van der Waals surface area contributed by atoms with Crippen molar-refractivity contribution in [3.05, 3.63) is 53.6 Å². The van der Waals surface area contributed by atoms with E-state index in [0.717, 1.165) is 10.4 Å². The molecule has 1 aromatic carbocycles. The molecule has 1 saturated heterocycles. The van der Waals surface area contributed by atoms with Crippen LogP contribution >= 0.6 is 0 Å². The van der Waals surface area contributed by atoms with Crippen molar-refractivity contribution in [1.82, 2.24) is 9.29 Å². The highest BCUT2D eigenvalue weighted by Crippen LogP contribution is 2.44. The Morgan fingerprint density at radius 3 is 2.84 bits per heavy atom. The minimum atomic E-state index is -3.92. The molecule has 2 aromatic rings. The molecule has 0 aliphatic carbocycles. The first-order valence-corrected chi connectivity index (χ1v) is 10.7. The Balaban J connectivity index is 1.72. The van der Waals surface area contributed by atoms with E-state index in [-0.39, 0.29) is 36.1 Å². The van der Waals surface area contributed by atoms with Gasteiger partial charge in [-0.05, 0) is 30.3 Å². The molecule has 0 bridgehead atoms. The molecule has 31 heavy (non-hydrogen) atoms. The van der Waals surface area contributed by atoms with Crippen molar-refractivity contribution in [3.8, 4) is 5.75 Å². The number of rotatable bonds is 4. The number of aromatic nitrogens is 1. The maximum Gasteiger partial charge on any atom is 0.274 e. The lowest BCUT2D eigenvalue weighted by molar-refractivity contribution is 0.102. The van der Waals surface area contributed by atoms with Gasteiger partial charge in [0.15, 0.2) is 0 Å². The number of carbonyl (C=O) groups excluding carboxylic acids is 1. The summed E-state index contributed by atoms with van der Waals surface area (Å²) in [7, 11) is -1.16. The van der Waals surface area contributed by atoms with Crippen molar-refractivity contribution in [2.45, 2.75) is 10.8 Å². The first kappa shape index (κ1) is 21.0. The zero-order chi connectivity index (χ0) is 22.4. The number of anilines is 1. The van der Waals surface area contributed by atoms with Crippen LogP contribution in [0, 0.1) is 5.82 Å². The summed E-state index contributed by atoms with van der Waals surface area (Å²) in [5.41, 5.74) is 4.60. The number of nitrogens with two attached hydrogens (primary N) is 1. The Kier molecular flexibility index (Phi) is 5.06. The summed E-state index contributed by atoms with van der Waals surface area (Å²) < 4.78 is 51.9. The molecule has 10 nitrogen and oxygen atoms in total. The number of nitrogens with one attached hydrogen (secondary N) is 1. The Morgan fingerprint density at radius 2 is 2.16 bits per heavy atom. The van der Waals surface area contributed by atoms with Crippen LogP contribution in [0.3, 0.4) is 0 Å². The Bertz CT molecular complexity index is 1170. The van der Waals surface area contributed by atoms with Gasteiger partial charge >= 0.3 is 0 Å². The van der Waals surface area contributed by atoms with Gasteiger partial charge in [0.05, 0.1) is 26.5 Å². The Hall–Kier alpha value is -3.25. The van der Waals surface area contributed by atoms with Crippen LogP contribution in [0.5, 0.6) is 5.75 Å². The number of hydrogen-bond donors (Lipinski definition) is 2. The van der Waals surface area contributed by atoms with E-state index in [1.165, 1.54) is 38.6 Å². The van der Waals surface area contributed by atoms with Gasteiger partial charge in [0.2, 0.25) is 16.0 Å². The average molecular weight is 449 g/mol. The van der Waals surface area contributed by atoms with E-state index in [2.05, 4.69) is 15.3 Å². The number of pyridine rings is 1. The number of halogens is 1. The minimum Gasteiger partial charge on any atom is -0.495 e. The van der Waals surface area contributed by atoms with E-state index in [1.807, 2.05) is 0 Å². The van der Waals surface area contributed by atoms with Gasteiger partial charge in [-0.3, -0.25) is 4.79 Å². The van der Waals surface area contributed by atoms with Crippen LogP contribution < -0.4 is 15.8 Å². The number of methoxy groups -OCH3 is 1. The van der Waals surface area contributed by atoms with E-state index < -0.39 is 32.5 Å². The standard InChI is InChI=1S/C19H20FN5O5S/c1-25-18(21)24-19(10-30-9-16(19)31(25,27)28)13-7-11(3-5-14(13)20)23-17(26)15-6-4-12(29-2)8-22-15/h3-8,16H,9-10H2,1-2H3,(H2,21,24)(H,23,26).